The topological polar surface area (TPSA) is 37.3 Å². The summed E-state index contributed by atoms with van der Waals surface area (Å²) in [6.45, 7) is 3.84. The number of phenolic OH excluding ortho intramolecular Hbond substituents is 1. The lowest BCUT2D eigenvalue weighted by Crippen LogP contribution is -1.92. The number of carbonyl (C=O) groups is 1. The molecule has 94 valence electrons. The Morgan fingerprint density at radius 1 is 1.17 bits per heavy atom. The van der Waals surface area contributed by atoms with Crippen LogP contribution in [0.3, 0.4) is 0 Å². The minimum Gasteiger partial charge on any atom is -0.507 e. The zero-order chi connectivity index (χ0) is 13.1. The van der Waals surface area contributed by atoms with Gasteiger partial charge in [0.05, 0.1) is 4.88 Å². The van der Waals surface area contributed by atoms with Crippen LogP contribution in [-0.2, 0) is 12.8 Å². The minimum absolute atomic E-state index is 0.387. The highest BCUT2D eigenvalue weighted by Gasteiger charge is 2.05. The van der Waals surface area contributed by atoms with E-state index in [1.165, 1.54) is 10.4 Å². The number of hydrogen-bond donors (Lipinski definition) is 1. The lowest BCUT2D eigenvalue weighted by Gasteiger charge is -2.07. The van der Waals surface area contributed by atoms with Crippen molar-refractivity contribution in [2.45, 2.75) is 26.7 Å². The van der Waals surface area contributed by atoms with Gasteiger partial charge in [-0.3, -0.25) is 4.79 Å². The summed E-state index contributed by atoms with van der Waals surface area (Å²) in [5.41, 5.74) is 3.07. The van der Waals surface area contributed by atoms with Crippen molar-refractivity contribution in [3.05, 3.63) is 50.7 Å². The maximum absolute atomic E-state index is 10.6. The second-order valence-electron chi connectivity index (χ2n) is 4.50. The molecule has 0 aliphatic carbocycles. The number of benzene rings is 1. The first-order chi connectivity index (χ1) is 8.60. The fourth-order valence-corrected chi connectivity index (χ4v) is 2.88. The number of aldehydes is 1. The molecule has 2 nitrogen and oxygen atoms in total. The highest BCUT2D eigenvalue weighted by molar-refractivity contribution is 7.13. The quantitative estimate of drug-likeness (QED) is 0.852. The molecule has 2 rings (SSSR count). The number of aryl methyl sites for hydroxylation is 4. The standard InChI is InChI=1S/C15H16O2S/c1-10-7-12(8-11(2)15(10)17)3-4-13-5-6-14(9-16)18-13/h5-9,17H,3-4H2,1-2H3. The molecule has 0 radical (unpaired) electrons. The number of phenols is 1. The van der Waals surface area contributed by atoms with E-state index in [1.54, 1.807) is 11.3 Å². The van der Waals surface area contributed by atoms with Crippen LogP contribution in [0.2, 0.25) is 0 Å². The summed E-state index contributed by atoms with van der Waals surface area (Å²) in [6.07, 6.45) is 2.76. The van der Waals surface area contributed by atoms with Crippen LogP contribution in [0, 0.1) is 13.8 Å². The van der Waals surface area contributed by atoms with Gasteiger partial charge >= 0.3 is 0 Å². The van der Waals surface area contributed by atoms with Crippen molar-refractivity contribution in [3.8, 4) is 5.75 Å². The van der Waals surface area contributed by atoms with Crippen molar-refractivity contribution < 1.29 is 9.90 Å². The third-order valence-corrected chi connectivity index (χ3v) is 4.08. The van der Waals surface area contributed by atoms with Crippen molar-refractivity contribution in [3.63, 3.8) is 0 Å². The molecule has 0 aliphatic rings. The van der Waals surface area contributed by atoms with Crippen LogP contribution < -0.4 is 0 Å². The molecule has 18 heavy (non-hydrogen) atoms. The predicted molar refractivity (Wildman–Crippen MR) is 74.7 cm³/mol. The van der Waals surface area contributed by atoms with E-state index in [2.05, 4.69) is 0 Å². The number of thiophene rings is 1. The first kappa shape index (κ1) is 12.8. The van der Waals surface area contributed by atoms with Crippen molar-refractivity contribution in [1.29, 1.82) is 0 Å². The molecule has 0 spiro atoms. The van der Waals surface area contributed by atoms with Gasteiger partial charge in [-0.15, -0.1) is 11.3 Å². The Morgan fingerprint density at radius 3 is 2.39 bits per heavy atom. The summed E-state index contributed by atoms with van der Waals surface area (Å²) < 4.78 is 0. The molecule has 0 saturated carbocycles. The molecule has 0 aliphatic heterocycles. The third kappa shape index (κ3) is 2.79. The molecular weight excluding hydrogens is 244 g/mol. The normalized spacial score (nSPS) is 10.6. The van der Waals surface area contributed by atoms with Crippen molar-refractivity contribution in [1.82, 2.24) is 0 Å². The van der Waals surface area contributed by atoms with E-state index in [1.807, 2.05) is 38.1 Å². The molecular formula is C15H16O2S. The number of rotatable bonds is 4. The SMILES string of the molecule is Cc1cc(CCc2ccc(C=O)s2)cc(C)c1O. The van der Waals surface area contributed by atoms with E-state index >= 15 is 0 Å². The van der Waals surface area contributed by atoms with E-state index in [-0.39, 0.29) is 0 Å². The fraction of sp³-hybridized carbons (Fsp3) is 0.267. The van der Waals surface area contributed by atoms with E-state index in [0.717, 1.165) is 35.1 Å². The monoisotopic (exact) mass is 260 g/mol. The van der Waals surface area contributed by atoms with Crippen LogP contribution >= 0.6 is 11.3 Å². The van der Waals surface area contributed by atoms with Gasteiger partial charge in [0, 0.05) is 4.88 Å². The van der Waals surface area contributed by atoms with E-state index in [9.17, 15) is 9.90 Å². The smallest absolute Gasteiger partial charge is 0.160 e. The maximum atomic E-state index is 10.6. The summed E-state index contributed by atoms with van der Waals surface area (Å²) in [5, 5.41) is 9.71. The Morgan fingerprint density at radius 2 is 1.83 bits per heavy atom. The predicted octanol–water partition coefficient (Wildman–Crippen LogP) is 3.67. The van der Waals surface area contributed by atoms with Gasteiger partial charge in [-0.1, -0.05) is 12.1 Å². The van der Waals surface area contributed by atoms with Gasteiger partial charge in [-0.05, 0) is 55.5 Å². The van der Waals surface area contributed by atoms with Gasteiger partial charge in [-0.2, -0.15) is 0 Å². The lowest BCUT2D eigenvalue weighted by molar-refractivity contribution is 0.112. The maximum Gasteiger partial charge on any atom is 0.160 e. The van der Waals surface area contributed by atoms with Gasteiger partial charge in [0.15, 0.2) is 6.29 Å². The second-order valence-corrected chi connectivity index (χ2v) is 5.70. The van der Waals surface area contributed by atoms with Crippen molar-refractivity contribution in [2.24, 2.45) is 0 Å². The zero-order valence-corrected chi connectivity index (χ0v) is 11.4. The number of aromatic hydroxyl groups is 1. The Balaban J connectivity index is 2.08. The molecule has 0 atom stereocenters. The Hall–Kier alpha value is -1.61. The van der Waals surface area contributed by atoms with Crippen LogP contribution in [0.5, 0.6) is 5.75 Å². The lowest BCUT2D eigenvalue weighted by atomic mass is 10.0. The van der Waals surface area contributed by atoms with Gasteiger partial charge in [0.25, 0.3) is 0 Å². The Bertz CT molecular complexity index is 547. The van der Waals surface area contributed by atoms with Crippen LogP contribution in [0.25, 0.3) is 0 Å². The average Bonchev–Trinajstić information content (AvgIpc) is 2.81. The van der Waals surface area contributed by atoms with E-state index in [4.69, 9.17) is 0 Å². The van der Waals surface area contributed by atoms with Crippen LogP contribution in [0.4, 0.5) is 0 Å². The molecule has 1 heterocycles. The largest absolute Gasteiger partial charge is 0.507 e. The van der Waals surface area contributed by atoms with Crippen LogP contribution in [-0.4, -0.2) is 11.4 Å². The third-order valence-electron chi connectivity index (χ3n) is 3.01. The number of carbonyl (C=O) groups excluding carboxylic acids is 1. The zero-order valence-electron chi connectivity index (χ0n) is 10.6. The van der Waals surface area contributed by atoms with Crippen molar-refractivity contribution >= 4 is 17.6 Å². The van der Waals surface area contributed by atoms with E-state index < -0.39 is 0 Å². The molecule has 3 heteroatoms. The molecule has 1 aromatic carbocycles. The first-order valence-corrected chi connectivity index (χ1v) is 6.75. The number of hydrogen-bond acceptors (Lipinski definition) is 3. The summed E-state index contributed by atoms with van der Waals surface area (Å²) in [5.74, 6) is 0.387. The summed E-state index contributed by atoms with van der Waals surface area (Å²) >= 11 is 1.55. The van der Waals surface area contributed by atoms with Gasteiger partial charge < -0.3 is 5.11 Å². The van der Waals surface area contributed by atoms with E-state index in [0.29, 0.717) is 5.75 Å². The highest BCUT2D eigenvalue weighted by Crippen LogP contribution is 2.24. The van der Waals surface area contributed by atoms with Gasteiger partial charge in [0.2, 0.25) is 0 Å². The molecule has 0 amide bonds. The van der Waals surface area contributed by atoms with Gasteiger partial charge in [-0.25, -0.2) is 0 Å². The van der Waals surface area contributed by atoms with Crippen molar-refractivity contribution in [2.75, 3.05) is 0 Å². The summed E-state index contributed by atoms with van der Waals surface area (Å²) in [6, 6.07) is 7.92. The van der Waals surface area contributed by atoms with Gasteiger partial charge in [0.1, 0.15) is 5.75 Å². The molecule has 1 aromatic heterocycles. The first-order valence-electron chi connectivity index (χ1n) is 5.93. The molecule has 0 bridgehead atoms. The second kappa shape index (κ2) is 5.36. The Labute approximate surface area is 111 Å². The molecule has 0 unspecified atom stereocenters. The van der Waals surface area contributed by atoms with Crippen LogP contribution in [0.1, 0.15) is 31.2 Å². The Kier molecular flexibility index (Phi) is 3.82. The van der Waals surface area contributed by atoms with Crippen LogP contribution in [0.15, 0.2) is 24.3 Å². The molecule has 0 fully saturated rings. The summed E-state index contributed by atoms with van der Waals surface area (Å²) in [7, 11) is 0. The molecule has 1 N–H and O–H groups in total. The molecule has 0 saturated heterocycles. The summed E-state index contributed by atoms with van der Waals surface area (Å²) in [4.78, 5) is 12.6. The average molecular weight is 260 g/mol. The fourth-order valence-electron chi connectivity index (χ4n) is 2.05. The minimum atomic E-state index is 0.387. The highest BCUT2D eigenvalue weighted by atomic mass is 32.1. The molecule has 2 aromatic rings.